The van der Waals surface area contributed by atoms with Crippen molar-refractivity contribution in [3.63, 3.8) is 0 Å². The second-order valence-electron chi connectivity index (χ2n) is 6.91. The molecule has 0 N–H and O–H groups in total. The number of hydrogen-bond donors (Lipinski definition) is 0. The van der Waals surface area contributed by atoms with Gasteiger partial charge >= 0.3 is 17.9 Å². The molecule has 1 aliphatic heterocycles. The Morgan fingerprint density at radius 2 is 1.96 bits per heavy atom. The zero-order valence-electron chi connectivity index (χ0n) is 15.2. The van der Waals surface area contributed by atoms with E-state index in [1.54, 1.807) is 6.92 Å². The number of hydrogen-bond acceptors (Lipinski definition) is 6. The molecule has 138 valence electrons. The van der Waals surface area contributed by atoms with Gasteiger partial charge in [0, 0.05) is 31.8 Å². The Balaban J connectivity index is 2.18. The van der Waals surface area contributed by atoms with Gasteiger partial charge in [0.2, 0.25) is 0 Å². The van der Waals surface area contributed by atoms with Crippen LogP contribution in [0.2, 0.25) is 0 Å². The van der Waals surface area contributed by atoms with Gasteiger partial charge in [-0.15, -0.1) is 0 Å². The molecular formula is C19H26O6. The average Bonchev–Trinajstić information content (AvgIpc) is 2.64. The largest absolute Gasteiger partial charge is 0.463 e. The standard InChI is InChI=1S/C19H26O6/c1-10-8-17-16(12(3)19(22)25-17)7-6-15(10)18(24-14(5)21)9-11(2)23-13(4)20/h6,10-11,16-18H,3,7-9H2,1-2,4-5H3/t10-,11-,16+,17+,18-/m0/s1. The minimum atomic E-state index is -0.468. The van der Waals surface area contributed by atoms with Gasteiger partial charge in [0.15, 0.2) is 0 Å². The topological polar surface area (TPSA) is 78.9 Å². The molecule has 2 aliphatic rings. The first kappa shape index (κ1) is 19.2. The van der Waals surface area contributed by atoms with E-state index in [4.69, 9.17) is 14.2 Å². The molecule has 1 aliphatic carbocycles. The predicted molar refractivity (Wildman–Crippen MR) is 90.4 cm³/mol. The number of carbonyl (C=O) groups is 3. The van der Waals surface area contributed by atoms with E-state index in [0.29, 0.717) is 24.8 Å². The van der Waals surface area contributed by atoms with Crippen LogP contribution in [0.25, 0.3) is 0 Å². The van der Waals surface area contributed by atoms with E-state index < -0.39 is 6.10 Å². The summed E-state index contributed by atoms with van der Waals surface area (Å²) in [4.78, 5) is 34.4. The van der Waals surface area contributed by atoms with E-state index >= 15 is 0 Å². The minimum Gasteiger partial charge on any atom is -0.463 e. The summed E-state index contributed by atoms with van der Waals surface area (Å²) in [6.45, 7) is 10.4. The second-order valence-corrected chi connectivity index (χ2v) is 6.91. The third-order valence-corrected chi connectivity index (χ3v) is 4.77. The number of esters is 3. The van der Waals surface area contributed by atoms with Crippen LogP contribution >= 0.6 is 0 Å². The molecule has 0 aromatic rings. The number of fused-ring (bicyclic) bond motifs is 1. The molecule has 0 aromatic carbocycles. The molecule has 5 atom stereocenters. The van der Waals surface area contributed by atoms with Crippen LogP contribution in [-0.4, -0.2) is 36.2 Å². The van der Waals surface area contributed by atoms with Crippen molar-refractivity contribution in [1.82, 2.24) is 0 Å². The Morgan fingerprint density at radius 1 is 1.32 bits per heavy atom. The van der Waals surface area contributed by atoms with Crippen LogP contribution in [0.1, 0.15) is 47.0 Å². The molecule has 6 heteroatoms. The molecule has 0 spiro atoms. The van der Waals surface area contributed by atoms with Gasteiger partial charge in [-0.1, -0.05) is 19.6 Å². The Bertz CT molecular complexity index is 605. The fourth-order valence-electron chi connectivity index (χ4n) is 3.66. The van der Waals surface area contributed by atoms with Crippen molar-refractivity contribution in [3.8, 4) is 0 Å². The Hall–Kier alpha value is -2.11. The van der Waals surface area contributed by atoms with E-state index in [9.17, 15) is 14.4 Å². The SMILES string of the molecule is C=C1C(=O)O[C@@H]2C[C@H](C)C([C@H](C[C@H](C)OC(C)=O)OC(C)=O)=CC[C@H]12. The molecule has 1 fully saturated rings. The summed E-state index contributed by atoms with van der Waals surface area (Å²) in [6.07, 6.45) is 2.67. The van der Waals surface area contributed by atoms with Crippen LogP contribution in [0.3, 0.4) is 0 Å². The molecule has 25 heavy (non-hydrogen) atoms. The molecule has 0 unspecified atom stereocenters. The number of carbonyl (C=O) groups excluding carboxylic acids is 3. The Kier molecular flexibility index (Phi) is 6.03. The molecule has 0 amide bonds. The first-order chi connectivity index (χ1) is 11.7. The van der Waals surface area contributed by atoms with Crippen LogP contribution in [-0.2, 0) is 28.6 Å². The monoisotopic (exact) mass is 350 g/mol. The van der Waals surface area contributed by atoms with Crippen molar-refractivity contribution in [1.29, 1.82) is 0 Å². The first-order valence-corrected chi connectivity index (χ1v) is 8.63. The second kappa shape index (κ2) is 7.85. The van der Waals surface area contributed by atoms with Gasteiger partial charge in [-0.3, -0.25) is 9.59 Å². The van der Waals surface area contributed by atoms with Crippen LogP contribution in [0.5, 0.6) is 0 Å². The van der Waals surface area contributed by atoms with E-state index in [1.807, 2.05) is 13.0 Å². The summed E-state index contributed by atoms with van der Waals surface area (Å²) in [6, 6.07) is 0. The predicted octanol–water partition coefficient (Wildman–Crippen LogP) is 2.71. The van der Waals surface area contributed by atoms with E-state index in [2.05, 4.69) is 6.58 Å². The van der Waals surface area contributed by atoms with Gasteiger partial charge in [-0.05, 0) is 31.3 Å². The average molecular weight is 350 g/mol. The highest BCUT2D eigenvalue weighted by Crippen LogP contribution is 2.40. The summed E-state index contributed by atoms with van der Waals surface area (Å²) >= 11 is 0. The lowest BCUT2D eigenvalue weighted by atomic mass is 9.88. The highest BCUT2D eigenvalue weighted by atomic mass is 16.6. The molecule has 0 bridgehead atoms. The molecule has 1 saturated heterocycles. The maximum Gasteiger partial charge on any atom is 0.334 e. The van der Waals surface area contributed by atoms with Crippen molar-refractivity contribution in [2.24, 2.45) is 11.8 Å². The van der Waals surface area contributed by atoms with Gasteiger partial charge < -0.3 is 14.2 Å². The van der Waals surface area contributed by atoms with E-state index in [1.165, 1.54) is 13.8 Å². The van der Waals surface area contributed by atoms with Crippen LogP contribution in [0, 0.1) is 11.8 Å². The molecule has 6 nitrogen and oxygen atoms in total. The zero-order chi connectivity index (χ0) is 18.7. The molecule has 0 aromatic heterocycles. The minimum absolute atomic E-state index is 0.0312. The van der Waals surface area contributed by atoms with Crippen molar-refractivity contribution >= 4 is 17.9 Å². The molecule has 2 rings (SSSR count). The zero-order valence-corrected chi connectivity index (χ0v) is 15.2. The van der Waals surface area contributed by atoms with Gasteiger partial charge in [0.05, 0.1) is 0 Å². The van der Waals surface area contributed by atoms with Crippen LogP contribution in [0.15, 0.2) is 23.8 Å². The maximum absolute atomic E-state index is 11.7. The third kappa shape index (κ3) is 4.71. The molecule has 0 radical (unpaired) electrons. The van der Waals surface area contributed by atoms with Gasteiger partial charge in [-0.25, -0.2) is 4.79 Å². The number of allylic oxidation sites excluding steroid dienone is 1. The Morgan fingerprint density at radius 3 is 2.56 bits per heavy atom. The van der Waals surface area contributed by atoms with E-state index in [0.717, 1.165) is 5.57 Å². The smallest absolute Gasteiger partial charge is 0.334 e. The number of rotatable bonds is 5. The van der Waals surface area contributed by atoms with Crippen molar-refractivity contribution < 1.29 is 28.6 Å². The van der Waals surface area contributed by atoms with Crippen LogP contribution < -0.4 is 0 Å². The van der Waals surface area contributed by atoms with Gasteiger partial charge in [-0.2, -0.15) is 0 Å². The lowest BCUT2D eigenvalue weighted by Crippen LogP contribution is -2.29. The molecule has 1 heterocycles. The quantitative estimate of drug-likeness (QED) is 0.328. The van der Waals surface area contributed by atoms with Gasteiger partial charge in [0.1, 0.15) is 18.3 Å². The molecule has 0 saturated carbocycles. The highest BCUT2D eigenvalue weighted by Gasteiger charge is 2.41. The summed E-state index contributed by atoms with van der Waals surface area (Å²) in [7, 11) is 0. The summed E-state index contributed by atoms with van der Waals surface area (Å²) in [5, 5.41) is 0. The summed E-state index contributed by atoms with van der Waals surface area (Å²) < 4.78 is 16.1. The van der Waals surface area contributed by atoms with Crippen molar-refractivity contribution in [2.75, 3.05) is 0 Å². The lowest BCUT2D eigenvalue weighted by molar-refractivity contribution is -0.150. The normalized spacial score (nSPS) is 28.2. The Labute approximate surface area is 148 Å². The van der Waals surface area contributed by atoms with Gasteiger partial charge in [0.25, 0.3) is 0 Å². The number of ether oxygens (including phenoxy) is 3. The highest BCUT2D eigenvalue weighted by molar-refractivity contribution is 5.90. The maximum atomic E-state index is 11.7. The molecular weight excluding hydrogens is 324 g/mol. The fraction of sp³-hybridized carbons (Fsp3) is 0.632. The van der Waals surface area contributed by atoms with E-state index in [-0.39, 0.29) is 42.0 Å². The fourth-order valence-corrected chi connectivity index (χ4v) is 3.66. The summed E-state index contributed by atoms with van der Waals surface area (Å²) in [5.74, 6) is -1.03. The van der Waals surface area contributed by atoms with Crippen molar-refractivity contribution in [2.45, 2.75) is 65.3 Å². The van der Waals surface area contributed by atoms with Crippen molar-refractivity contribution in [3.05, 3.63) is 23.8 Å². The first-order valence-electron chi connectivity index (χ1n) is 8.63. The summed E-state index contributed by atoms with van der Waals surface area (Å²) in [5.41, 5.74) is 1.49. The van der Waals surface area contributed by atoms with Crippen LogP contribution in [0.4, 0.5) is 0 Å². The lowest BCUT2D eigenvalue weighted by Gasteiger charge is -2.27. The third-order valence-electron chi connectivity index (χ3n) is 4.77.